The monoisotopic (exact) mass is 295 g/mol. The van der Waals surface area contributed by atoms with Gasteiger partial charge >= 0.3 is 0 Å². The number of rotatable bonds is 5. The highest BCUT2D eigenvalue weighted by Gasteiger charge is 2.24. The molecular weight excluding hydrogens is 274 g/mol. The Morgan fingerprint density at radius 2 is 2.10 bits per heavy atom. The van der Waals surface area contributed by atoms with Crippen molar-refractivity contribution in [1.29, 1.82) is 0 Å². The zero-order valence-electron chi connectivity index (χ0n) is 12.7. The van der Waals surface area contributed by atoms with Crippen LogP contribution in [0.5, 0.6) is 5.75 Å². The molecule has 0 aliphatic carbocycles. The summed E-state index contributed by atoms with van der Waals surface area (Å²) in [5.41, 5.74) is 5.89. The first-order valence-electron chi connectivity index (χ1n) is 6.53. The lowest BCUT2D eigenvalue weighted by Crippen LogP contribution is -2.38. The first-order chi connectivity index (χ1) is 9.65. The molecule has 0 aliphatic rings. The minimum Gasteiger partial charge on any atom is -0.495 e. The molecule has 0 bridgehead atoms. The number of nitrogens with one attached hydrogen (secondary N) is 1. The van der Waals surface area contributed by atoms with Crippen LogP contribution in [0.1, 0.15) is 27.2 Å². The number of hydrogen-bond donors (Lipinski definition) is 2. The number of amides is 1. The number of nitrogens with zero attached hydrogens (tertiary/aromatic N) is 1. The average molecular weight is 295 g/mol. The van der Waals surface area contributed by atoms with Gasteiger partial charge in [-0.15, -0.1) is 0 Å². The van der Waals surface area contributed by atoms with Crippen LogP contribution < -0.4 is 15.8 Å². The van der Waals surface area contributed by atoms with Crippen LogP contribution in [0.25, 0.3) is 0 Å². The molecule has 1 atom stereocenters. The van der Waals surface area contributed by atoms with Gasteiger partial charge in [-0.3, -0.25) is 14.9 Å². The van der Waals surface area contributed by atoms with Gasteiger partial charge in [0.25, 0.3) is 5.69 Å². The zero-order chi connectivity index (χ0) is 16.2. The summed E-state index contributed by atoms with van der Waals surface area (Å²) in [5, 5.41) is 13.4. The summed E-state index contributed by atoms with van der Waals surface area (Å²) in [6.07, 6.45) is 0.120. The van der Waals surface area contributed by atoms with Crippen LogP contribution in [0, 0.1) is 15.5 Å². The minimum atomic E-state index is -0.532. The Hall–Kier alpha value is -2.15. The molecule has 0 radical (unpaired) electrons. The van der Waals surface area contributed by atoms with E-state index in [2.05, 4.69) is 5.32 Å². The standard InChI is InChI=1S/C14H21N3O4/c1-14(2,3)12(15)8-13(18)16-10-7-9(17(19)20)5-6-11(10)21-4/h5-7,12H,8,15H2,1-4H3,(H,16,18). The van der Waals surface area contributed by atoms with E-state index in [0.29, 0.717) is 5.75 Å². The highest BCUT2D eigenvalue weighted by atomic mass is 16.6. The summed E-state index contributed by atoms with van der Waals surface area (Å²) >= 11 is 0. The molecule has 7 heteroatoms. The van der Waals surface area contributed by atoms with Crippen molar-refractivity contribution in [2.75, 3.05) is 12.4 Å². The van der Waals surface area contributed by atoms with Gasteiger partial charge in [-0.1, -0.05) is 20.8 Å². The van der Waals surface area contributed by atoms with Crippen LogP contribution in [0.4, 0.5) is 11.4 Å². The lowest BCUT2D eigenvalue weighted by molar-refractivity contribution is -0.384. The summed E-state index contributed by atoms with van der Waals surface area (Å²) in [7, 11) is 1.43. The fourth-order valence-corrected chi connectivity index (χ4v) is 1.61. The van der Waals surface area contributed by atoms with Crippen molar-refractivity contribution in [2.45, 2.75) is 33.2 Å². The SMILES string of the molecule is COc1ccc([N+](=O)[O-])cc1NC(=O)CC(N)C(C)(C)C. The summed E-state index contributed by atoms with van der Waals surface area (Å²) in [5.74, 6) is 0.0505. The first kappa shape index (κ1) is 16.9. The van der Waals surface area contributed by atoms with Crippen molar-refractivity contribution >= 4 is 17.3 Å². The number of hydrogen-bond acceptors (Lipinski definition) is 5. The van der Waals surface area contributed by atoms with Gasteiger partial charge in [0.15, 0.2) is 0 Å². The second-order valence-electron chi connectivity index (χ2n) is 5.87. The molecular formula is C14H21N3O4. The highest BCUT2D eigenvalue weighted by molar-refractivity contribution is 5.93. The van der Waals surface area contributed by atoms with E-state index in [1.165, 1.54) is 25.3 Å². The van der Waals surface area contributed by atoms with E-state index in [1.54, 1.807) is 0 Å². The number of carbonyl (C=O) groups is 1. The van der Waals surface area contributed by atoms with Gasteiger partial charge in [0.05, 0.1) is 17.7 Å². The topological polar surface area (TPSA) is 107 Å². The number of nitrogens with two attached hydrogens (primary N) is 1. The zero-order valence-corrected chi connectivity index (χ0v) is 12.7. The number of nitro benzene ring substituents is 1. The summed E-state index contributed by atoms with van der Waals surface area (Å²) in [6, 6.07) is 3.70. The Kier molecular flexibility index (Phi) is 5.26. The number of ether oxygens (including phenoxy) is 1. The second-order valence-corrected chi connectivity index (χ2v) is 5.87. The van der Waals surface area contributed by atoms with E-state index in [9.17, 15) is 14.9 Å². The van der Waals surface area contributed by atoms with Crippen LogP contribution in [0.3, 0.4) is 0 Å². The van der Waals surface area contributed by atoms with Crippen molar-refractivity contribution in [2.24, 2.45) is 11.1 Å². The molecule has 1 amide bonds. The quantitative estimate of drug-likeness (QED) is 0.640. The average Bonchev–Trinajstić information content (AvgIpc) is 2.37. The fourth-order valence-electron chi connectivity index (χ4n) is 1.61. The number of carbonyl (C=O) groups excluding carboxylic acids is 1. The molecule has 1 aromatic carbocycles. The molecule has 116 valence electrons. The van der Waals surface area contributed by atoms with Gasteiger partial charge in [-0.2, -0.15) is 0 Å². The Balaban J connectivity index is 2.88. The van der Waals surface area contributed by atoms with Crippen molar-refractivity contribution in [3.8, 4) is 5.75 Å². The van der Waals surface area contributed by atoms with E-state index in [4.69, 9.17) is 10.5 Å². The maximum Gasteiger partial charge on any atom is 0.271 e. The second kappa shape index (κ2) is 6.53. The molecule has 1 unspecified atom stereocenters. The lowest BCUT2D eigenvalue weighted by atomic mass is 9.85. The van der Waals surface area contributed by atoms with Crippen molar-refractivity contribution in [3.63, 3.8) is 0 Å². The highest BCUT2D eigenvalue weighted by Crippen LogP contribution is 2.29. The van der Waals surface area contributed by atoms with Gasteiger partial charge in [0.2, 0.25) is 5.91 Å². The van der Waals surface area contributed by atoms with Gasteiger partial charge in [0.1, 0.15) is 5.75 Å². The molecule has 1 aromatic rings. The summed E-state index contributed by atoms with van der Waals surface area (Å²) in [6.45, 7) is 5.83. The minimum absolute atomic E-state index is 0.119. The maximum absolute atomic E-state index is 12.0. The number of methoxy groups -OCH3 is 1. The molecule has 0 aromatic heterocycles. The molecule has 3 N–H and O–H groups in total. The Morgan fingerprint density at radius 1 is 1.48 bits per heavy atom. The number of benzene rings is 1. The fraction of sp³-hybridized carbons (Fsp3) is 0.500. The predicted octanol–water partition coefficient (Wildman–Crippen LogP) is 2.31. The van der Waals surface area contributed by atoms with Gasteiger partial charge in [-0.05, 0) is 11.5 Å². The molecule has 0 spiro atoms. The van der Waals surface area contributed by atoms with Crippen LogP contribution >= 0.6 is 0 Å². The number of nitro groups is 1. The van der Waals surface area contributed by atoms with Gasteiger partial charge < -0.3 is 15.8 Å². The van der Waals surface area contributed by atoms with Crippen molar-refractivity contribution < 1.29 is 14.5 Å². The van der Waals surface area contributed by atoms with E-state index in [0.717, 1.165) is 0 Å². The normalized spacial score (nSPS) is 12.6. The first-order valence-corrected chi connectivity index (χ1v) is 6.53. The van der Waals surface area contributed by atoms with E-state index in [1.807, 2.05) is 20.8 Å². The van der Waals surface area contributed by atoms with Crippen LogP contribution in [-0.4, -0.2) is 24.0 Å². The molecule has 1 rings (SSSR count). The molecule has 0 fully saturated rings. The third-order valence-electron chi connectivity index (χ3n) is 3.19. The smallest absolute Gasteiger partial charge is 0.271 e. The number of non-ortho nitro benzene ring substituents is 1. The third-order valence-corrected chi connectivity index (χ3v) is 3.19. The van der Waals surface area contributed by atoms with Crippen LogP contribution in [-0.2, 0) is 4.79 Å². The third kappa shape index (κ3) is 4.71. The predicted molar refractivity (Wildman–Crippen MR) is 80.3 cm³/mol. The Bertz CT molecular complexity index is 538. The van der Waals surface area contributed by atoms with E-state index in [-0.39, 0.29) is 35.2 Å². The summed E-state index contributed by atoms with van der Waals surface area (Å²) < 4.78 is 5.08. The molecule has 0 saturated carbocycles. The summed E-state index contributed by atoms with van der Waals surface area (Å²) in [4.78, 5) is 22.3. The van der Waals surface area contributed by atoms with E-state index >= 15 is 0 Å². The Morgan fingerprint density at radius 3 is 2.57 bits per heavy atom. The molecule has 21 heavy (non-hydrogen) atoms. The molecule has 0 heterocycles. The van der Waals surface area contributed by atoms with Gasteiger partial charge in [0, 0.05) is 24.6 Å². The molecule has 0 aliphatic heterocycles. The van der Waals surface area contributed by atoms with Crippen molar-refractivity contribution in [3.05, 3.63) is 28.3 Å². The molecule has 0 saturated heterocycles. The van der Waals surface area contributed by atoms with Gasteiger partial charge in [-0.25, -0.2) is 0 Å². The van der Waals surface area contributed by atoms with Crippen LogP contribution in [0.15, 0.2) is 18.2 Å². The lowest BCUT2D eigenvalue weighted by Gasteiger charge is -2.26. The van der Waals surface area contributed by atoms with Crippen LogP contribution in [0.2, 0.25) is 0 Å². The van der Waals surface area contributed by atoms with E-state index < -0.39 is 4.92 Å². The Labute approximate surface area is 123 Å². The van der Waals surface area contributed by atoms with Crippen molar-refractivity contribution in [1.82, 2.24) is 0 Å². The largest absolute Gasteiger partial charge is 0.495 e. The number of anilines is 1. The molecule has 7 nitrogen and oxygen atoms in total. The maximum atomic E-state index is 12.0.